The molecule has 2 N–H and O–H groups in total. The summed E-state index contributed by atoms with van der Waals surface area (Å²) in [6.07, 6.45) is 3.35. The van der Waals surface area contributed by atoms with Gasteiger partial charge in [-0.15, -0.1) is 0 Å². The molecule has 2 atom stereocenters. The van der Waals surface area contributed by atoms with E-state index in [1.54, 1.807) is 0 Å². The van der Waals surface area contributed by atoms with Crippen molar-refractivity contribution in [3.8, 4) is 0 Å². The van der Waals surface area contributed by atoms with Crippen LogP contribution >= 0.6 is 0 Å². The molecule has 0 radical (unpaired) electrons. The van der Waals surface area contributed by atoms with E-state index in [0.29, 0.717) is 12.6 Å². The summed E-state index contributed by atoms with van der Waals surface area (Å²) in [5.74, 6) is 0. The number of para-hydroxylation sites is 1. The number of benzene rings is 1. The van der Waals surface area contributed by atoms with Crippen molar-refractivity contribution in [2.75, 3.05) is 31.6 Å². The molecule has 1 aromatic rings. The van der Waals surface area contributed by atoms with E-state index >= 15 is 0 Å². The minimum absolute atomic E-state index is 0.0304. The van der Waals surface area contributed by atoms with Gasteiger partial charge in [0.2, 0.25) is 0 Å². The van der Waals surface area contributed by atoms with Crippen molar-refractivity contribution in [2.24, 2.45) is 0 Å². The Morgan fingerprint density at radius 1 is 1.29 bits per heavy atom. The maximum atomic E-state index is 12.1. The lowest BCUT2D eigenvalue weighted by molar-refractivity contribution is 0.109. The Balaban J connectivity index is 1.42. The van der Waals surface area contributed by atoms with Gasteiger partial charge in [-0.05, 0) is 31.4 Å². The fourth-order valence-corrected chi connectivity index (χ4v) is 2.95. The molecule has 0 aromatic heterocycles. The van der Waals surface area contributed by atoms with Crippen LogP contribution in [0, 0.1) is 0 Å². The zero-order chi connectivity index (χ0) is 14.5. The molecule has 5 heteroatoms. The molecular weight excluding hydrogens is 266 g/mol. The number of nitrogens with one attached hydrogen (secondary N) is 2. The van der Waals surface area contributed by atoms with E-state index in [1.807, 2.05) is 23.1 Å². The topological polar surface area (TPSA) is 53.6 Å². The summed E-state index contributed by atoms with van der Waals surface area (Å²) in [5.41, 5.74) is 1.11. The third kappa shape index (κ3) is 3.88. The molecule has 2 aliphatic heterocycles. The maximum Gasteiger partial charge on any atom is 0.317 e. The van der Waals surface area contributed by atoms with Crippen molar-refractivity contribution in [2.45, 2.75) is 31.4 Å². The molecule has 2 heterocycles. The van der Waals surface area contributed by atoms with Crippen LogP contribution in [0.15, 0.2) is 30.3 Å². The van der Waals surface area contributed by atoms with Crippen LogP contribution in [0.1, 0.15) is 19.3 Å². The standard InChI is InChI=1S/C16H23N3O2/c20-16(17-11-15-7-4-10-21-15)19-9-8-14(12-19)18-13-5-2-1-3-6-13/h1-3,5-6,14-15,18H,4,7-12H2,(H,17,20)/t14-,15+/m0/s1. The average molecular weight is 289 g/mol. The van der Waals surface area contributed by atoms with Crippen molar-refractivity contribution in [1.29, 1.82) is 0 Å². The highest BCUT2D eigenvalue weighted by Gasteiger charge is 2.26. The average Bonchev–Trinajstić information content (AvgIpc) is 3.17. The highest BCUT2D eigenvalue weighted by atomic mass is 16.5. The van der Waals surface area contributed by atoms with E-state index in [4.69, 9.17) is 4.74 Å². The van der Waals surface area contributed by atoms with Gasteiger partial charge in [0.15, 0.2) is 0 Å². The van der Waals surface area contributed by atoms with Gasteiger partial charge in [-0.3, -0.25) is 0 Å². The van der Waals surface area contributed by atoms with Crippen molar-refractivity contribution in [3.63, 3.8) is 0 Å². The summed E-state index contributed by atoms with van der Waals surface area (Å²) in [7, 11) is 0. The highest BCUT2D eigenvalue weighted by Crippen LogP contribution is 2.16. The Hall–Kier alpha value is -1.75. The number of anilines is 1. The van der Waals surface area contributed by atoms with Gasteiger partial charge in [-0.25, -0.2) is 4.79 Å². The minimum atomic E-state index is 0.0304. The predicted octanol–water partition coefficient (Wildman–Crippen LogP) is 2.06. The van der Waals surface area contributed by atoms with Crippen molar-refractivity contribution in [3.05, 3.63) is 30.3 Å². The molecule has 21 heavy (non-hydrogen) atoms. The molecule has 0 aliphatic carbocycles. The smallest absolute Gasteiger partial charge is 0.317 e. The lowest BCUT2D eigenvalue weighted by Crippen LogP contribution is -2.42. The monoisotopic (exact) mass is 289 g/mol. The Labute approximate surface area is 125 Å². The fourth-order valence-electron chi connectivity index (χ4n) is 2.95. The van der Waals surface area contributed by atoms with Gasteiger partial charge in [0.05, 0.1) is 6.10 Å². The van der Waals surface area contributed by atoms with Gasteiger partial charge in [-0.2, -0.15) is 0 Å². The van der Waals surface area contributed by atoms with Gasteiger partial charge >= 0.3 is 6.03 Å². The summed E-state index contributed by atoms with van der Waals surface area (Å²) < 4.78 is 5.52. The van der Waals surface area contributed by atoms with E-state index in [1.165, 1.54) is 0 Å². The number of ether oxygens (including phenoxy) is 1. The van der Waals surface area contributed by atoms with Crippen LogP contribution in [-0.2, 0) is 4.74 Å². The van der Waals surface area contributed by atoms with Crippen LogP contribution in [0.4, 0.5) is 10.5 Å². The van der Waals surface area contributed by atoms with Gasteiger partial charge in [0, 0.05) is 38.0 Å². The second-order valence-corrected chi connectivity index (χ2v) is 5.76. The second-order valence-electron chi connectivity index (χ2n) is 5.76. The van der Waals surface area contributed by atoms with Gasteiger partial charge in [-0.1, -0.05) is 18.2 Å². The van der Waals surface area contributed by atoms with E-state index in [9.17, 15) is 4.79 Å². The third-order valence-electron chi connectivity index (χ3n) is 4.12. The Morgan fingerprint density at radius 2 is 2.14 bits per heavy atom. The highest BCUT2D eigenvalue weighted by molar-refractivity contribution is 5.74. The van der Waals surface area contributed by atoms with Gasteiger partial charge < -0.3 is 20.3 Å². The molecule has 0 bridgehead atoms. The summed E-state index contributed by atoms with van der Waals surface area (Å²) in [6.45, 7) is 3.02. The predicted molar refractivity (Wildman–Crippen MR) is 82.4 cm³/mol. The molecule has 2 fully saturated rings. The zero-order valence-electron chi connectivity index (χ0n) is 12.3. The lowest BCUT2D eigenvalue weighted by atomic mass is 10.2. The van der Waals surface area contributed by atoms with E-state index in [-0.39, 0.29) is 12.1 Å². The molecule has 1 aromatic carbocycles. The molecule has 3 rings (SSSR count). The van der Waals surface area contributed by atoms with Crippen LogP contribution in [0.3, 0.4) is 0 Å². The zero-order valence-corrected chi connectivity index (χ0v) is 12.3. The normalized spacial score (nSPS) is 25.0. The maximum absolute atomic E-state index is 12.1. The van der Waals surface area contributed by atoms with Crippen LogP contribution < -0.4 is 10.6 Å². The molecule has 2 amide bonds. The minimum Gasteiger partial charge on any atom is -0.380 e. The van der Waals surface area contributed by atoms with Gasteiger partial charge in [0.25, 0.3) is 0 Å². The number of hydrogen-bond donors (Lipinski definition) is 2. The Bertz CT molecular complexity index is 460. The van der Waals surface area contributed by atoms with Crippen LogP contribution in [0.5, 0.6) is 0 Å². The third-order valence-corrected chi connectivity index (χ3v) is 4.12. The summed E-state index contributed by atoms with van der Waals surface area (Å²) in [6, 6.07) is 10.5. The first-order valence-corrected chi connectivity index (χ1v) is 7.77. The van der Waals surface area contributed by atoms with Crippen molar-refractivity contribution in [1.82, 2.24) is 10.2 Å². The molecule has 2 aliphatic rings. The fraction of sp³-hybridized carbons (Fsp3) is 0.562. The Morgan fingerprint density at radius 3 is 2.90 bits per heavy atom. The largest absolute Gasteiger partial charge is 0.380 e. The van der Waals surface area contributed by atoms with Crippen LogP contribution in [-0.4, -0.2) is 49.3 Å². The molecular formula is C16H23N3O2. The number of amides is 2. The molecule has 2 saturated heterocycles. The lowest BCUT2D eigenvalue weighted by Gasteiger charge is -2.19. The number of carbonyl (C=O) groups excluding carboxylic acids is 1. The van der Waals surface area contributed by atoms with E-state index in [2.05, 4.69) is 22.8 Å². The molecule has 114 valence electrons. The van der Waals surface area contributed by atoms with E-state index in [0.717, 1.165) is 44.6 Å². The van der Waals surface area contributed by atoms with E-state index < -0.39 is 0 Å². The Kier molecular flexibility index (Phi) is 4.60. The first-order chi connectivity index (χ1) is 10.3. The number of hydrogen-bond acceptors (Lipinski definition) is 3. The first-order valence-electron chi connectivity index (χ1n) is 7.77. The number of rotatable bonds is 4. The molecule has 0 spiro atoms. The van der Waals surface area contributed by atoms with Crippen LogP contribution in [0.25, 0.3) is 0 Å². The number of carbonyl (C=O) groups is 1. The van der Waals surface area contributed by atoms with Crippen LogP contribution in [0.2, 0.25) is 0 Å². The number of nitrogens with zero attached hydrogens (tertiary/aromatic N) is 1. The molecule has 0 unspecified atom stereocenters. The number of likely N-dealkylation sites (tertiary alicyclic amines) is 1. The van der Waals surface area contributed by atoms with Crippen molar-refractivity contribution >= 4 is 11.7 Å². The summed E-state index contributed by atoms with van der Waals surface area (Å²) >= 11 is 0. The SMILES string of the molecule is O=C(NC[C@H]1CCCO1)N1CC[C@H](Nc2ccccc2)C1. The quantitative estimate of drug-likeness (QED) is 0.892. The summed E-state index contributed by atoms with van der Waals surface area (Å²) in [4.78, 5) is 14.0. The van der Waals surface area contributed by atoms with Crippen molar-refractivity contribution < 1.29 is 9.53 Å². The number of urea groups is 1. The van der Waals surface area contributed by atoms with Gasteiger partial charge in [0.1, 0.15) is 0 Å². The molecule has 0 saturated carbocycles. The second kappa shape index (κ2) is 6.80. The summed E-state index contributed by atoms with van der Waals surface area (Å²) in [5, 5.41) is 6.46. The molecule has 5 nitrogen and oxygen atoms in total. The first kappa shape index (κ1) is 14.2.